The van der Waals surface area contributed by atoms with Gasteiger partial charge in [-0.25, -0.2) is 4.79 Å². The van der Waals surface area contributed by atoms with Gasteiger partial charge in [0.05, 0.1) is 12.0 Å². The number of amides is 1. The summed E-state index contributed by atoms with van der Waals surface area (Å²) in [5, 5.41) is 5.16. The molecule has 1 N–H and O–H groups in total. The van der Waals surface area contributed by atoms with Gasteiger partial charge >= 0.3 is 5.97 Å². The molecule has 4 nitrogen and oxygen atoms in total. The van der Waals surface area contributed by atoms with Gasteiger partial charge in [-0.2, -0.15) is 0 Å². The van der Waals surface area contributed by atoms with E-state index in [1.54, 1.807) is 12.1 Å². The Hall–Kier alpha value is -2.66. The van der Waals surface area contributed by atoms with Gasteiger partial charge in [-0.1, -0.05) is 42.5 Å². The van der Waals surface area contributed by atoms with Gasteiger partial charge in [-0.15, -0.1) is 11.3 Å². The van der Waals surface area contributed by atoms with Crippen LogP contribution in [0.5, 0.6) is 0 Å². The number of ether oxygens (including phenoxy) is 1. The lowest BCUT2D eigenvalue weighted by atomic mass is 10.0. The third-order valence-electron chi connectivity index (χ3n) is 3.54. The number of rotatable bonds is 4. The first-order chi connectivity index (χ1) is 11.2. The number of hydrogen-bond acceptors (Lipinski definition) is 4. The van der Waals surface area contributed by atoms with Gasteiger partial charge in [-0.05, 0) is 28.5 Å². The smallest absolute Gasteiger partial charge is 0.348 e. The zero-order valence-corrected chi connectivity index (χ0v) is 13.4. The van der Waals surface area contributed by atoms with Gasteiger partial charge in [0.25, 0.3) is 5.91 Å². The molecule has 0 fully saturated rings. The van der Waals surface area contributed by atoms with Crippen LogP contribution in [0.15, 0.2) is 54.6 Å². The van der Waals surface area contributed by atoms with Crippen molar-refractivity contribution in [1.29, 1.82) is 0 Å². The molecule has 1 amide bonds. The molecule has 0 radical (unpaired) electrons. The first-order valence-corrected chi connectivity index (χ1v) is 7.93. The molecule has 0 aliphatic rings. The standard InChI is InChI=1S/C18H15NO3S/c1-22-18(21)16-10-9-15(23-16)17(20)19-11-13-7-4-6-12-5-2-3-8-14(12)13/h2-10H,11H2,1H3,(H,19,20). The Kier molecular flexibility index (Phi) is 4.39. The molecule has 0 unspecified atom stereocenters. The van der Waals surface area contributed by atoms with Crippen LogP contribution >= 0.6 is 11.3 Å². The van der Waals surface area contributed by atoms with Crippen molar-refractivity contribution < 1.29 is 14.3 Å². The number of carbonyl (C=O) groups is 2. The predicted molar refractivity (Wildman–Crippen MR) is 90.8 cm³/mol. The largest absolute Gasteiger partial charge is 0.465 e. The highest BCUT2D eigenvalue weighted by molar-refractivity contribution is 7.15. The van der Waals surface area contributed by atoms with E-state index < -0.39 is 5.97 Å². The minimum atomic E-state index is -0.428. The van der Waals surface area contributed by atoms with Crippen molar-refractivity contribution in [2.75, 3.05) is 7.11 Å². The molecule has 23 heavy (non-hydrogen) atoms. The molecule has 0 bridgehead atoms. The maximum Gasteiger partial charge on any atom is 0.348 e. The normalized spacial score (nSPS) is 10.5. The van der Waals surface area contributed by atoms with E-state index in [2.05, 4.69) is 10.1 Å². The Morgan fingerprint density at radius 2 is 1.74 bits per heavy atom. The topological polar surface area (TPSA) is 55.4 Å². The van der Waals surface area contributed by atoms with E-state index in [9.17, 15) is 9.59 Å². The average molecular weight is 325 g/mol. The third kappa shape index (κ3) is 3.24. The van der Waals surface area contributed by atoms with E-state index >= 15 is 0 Å². The van der Waals surface area contributed by atoms with Crippen LogP contribution in [-0.2, 0) is 11.3 Å². The summed E-state index contributed by atoms with van der Waals surface area (Å²) >= 11 is 1.13. The Balaban J connectivity index is 1.73. The summed E-state index contributed by atoms with van der Waals surface area (Å²) in [5.41, 5.74) is 1.06. The summed E-state index contributed by atoms with van der Waals surface area (Å²) in [6.45, 7) is 0.436. The number of fused-ring (bicyclic) bond motifs is 1. The summed E-state index contributed by atoms with van der Waals surface area (Å²) in [7, 11) is 1.32. The molecule has 2 aromatic carbocycles. The fourth-order valence-electron chi connectivity index (χ4n) is 2.38. The number of benzene rings is 2. The maximum atomic E-state index is 12.2. The lowest BCUT2D eigenvalue weighted by Crippen LogP contribution is -2.21. The van der Waals surface area contributed by atoms with Crippen LogP contribution in [0.4, 0.5) is 0 Å². The number of nitrogens with one attached hydrogen (secondary N) is 1. The molecule has 1 heterocycles. The average Bonchev–Trinajstić information content (AvgIpc) is 3.09. The van der Waals surface area contributed by atoms with Crippen LogP contribution in [0, 0.1) is 0 Å². The molecule has 5 heteroatoms. The molecule has 0 spiro atoms. The van der Waals surface area contributed by atoms with Crippen LogP contribution in [0.2, 0.25) is 0 Å². The Labute approximate surface area is 137 Å². The Morgan fingerprint density at radius 3 is 2.57 bits per heavy atom. The van der Waals surface area contributed by atoms with E-state index in [0.717, 1.165) is 27.7 Å². The van der Waals surface area contributed by atoms with Crippen molar-refractivity contribution in [3.8, 4) is 0 Å². The summed E-state index contributed by atoms with van der Waals surface area (Å²) in [4.78, 5) is 24.6. The van der Waals surface area contributed by atoms with Crippen LogP contribution in [0.25, 0.3) is 10.8 Å². The highest BCUT2D eigenvalue weighted by Gasteiger charge is 2.14. The zero-order chi connectivity index (χ0) is 16.2. The summed E-state index contributed by atoms with van der Waals surface area (Å²) in [5.74, 6) is -0.624. The number of thiophene rings is 1. The van der Waals surface area contributed by atoms with Crippen molar-refractivity contribution in [2.45, 2.75) is 6.54 Å². The molecule has 1 aromatic heterocycles. The van der Waals surface area contributed by atoms with Gasteiger partial charge in [0, 0.05) is 6.54 Å². The quantitative estimate of drug-likeness (QED) is 0.745. The van der Waals surface area contributed by atoms with E-state index in [-0.39, 0.29) is 5.91 Å². The second kappa shape index (κ2) is 6.62. The fourth-order valence-corrected chi connectivity index (χ4v) is 3.22. The van der Waals surface area contributed by atoms with Gasteiger partial charge in [-0.3, -0.25) is 4.79 Å². The number of esters is 1. The van der Waals surface area contributed by atoms with Crippen LogP contribution in [0.1, 0.15) is 24.9 Å². The molecular formula is C18H15NO3S. The fraction of sp³-hybridized carbons (Fsp3) is 0.111. The highest BCUT2D eigenvalue weighted by atomic mass is 32.1. The summed E-state index contributed by atoms with van der Waals surface area (Å²) in [6, 6.07) is 17.3. The third-order valence-corrected chi connectivity index (χ3v) is 4.60. The van der Waals surface area contributed by atoms with Crippen LogP contribution in [0.3, 0.4) is 0 Å². The second-order valence-corrected chi connectivity index (χ2v) is 6.06. The molecule has 116 valence electrons. The molecule has 0 saturated carbocycles. The molecule has 0 saturated heterocycles. The van der Waals surface area contributed by atoms with E-state index in [1.165, 1.54) is 7.11 Å². The minimum absolute atomic E-state index is 0.196. The molecule has 0 aliphatic heterocycles. The second-order valence-electron chi connectivity index (χ2n) is 4.98. The monoisotopic (exact) mass is 325 g/mol. The van der Waals surface area contributed by atoms with Crippen molar-refractivity contribution in [3.05, 3.63) is 69.9 Å². The van der Waals surface area contributed by atoms with Gasteiger partial charge < -0.3 is 10.1 Å². The van der Waals surface area contributed by atoms with Gasteiger partial charge in [0.1, 0.15) is 4.88 Å². The molecular weight excluding hydrogens is 310 g/mol. The van der Waals surface area contributed by atoms with E-state index in [4.69, 9.17) is 0 Å². The molecule has 3 aromatic rings. The lowest BCUT2D eigenvalue weighted by Gasteiger charge is -2.07. The van der Waals surface area contributed by atoms with Crippen LogP contribution in [-0.4, -0.2) is 19.0 Å². The molecule has 3 rings (SSSR count). The predicted octanol–water partition coefficient (Wildman–Crippen LogP) is 3.62. The minimum Gasteiger partial charge on any atom is -0.465 e. The number of carbonyl (C=O) groups excluding carboxylic acids is 2. The number of hydrogen-bond donors (Lipinski definition) is 1. The molecule has 0 aliphatic carbocycles. The summed E-state index contributed by atoms with van der Waals surface area (Å²) in [6.07, 6.45) is 0. The SMILES string of the molecule is COC(=O)c1ccc(C(=O)NCc2cccc3ccccc23)s1. The maximum absolute atomic E-state index is 12.2. The zero-order valence-electron chi connectivity index (χ0n) is 12.5. The highest BCUT2D eigenvalue weighted by Crippen LogP contribution is 2.20. The van der Waals surface area contributed by atoms with E-state index in [0.29, 0.717) is 16.3 Å². The van der Waals surface area contributed by atoms with Crippen molar-refractivity contribution in [2.24, 2.45) is 0 Å². The van der Waals surface area contributed by atoms with Crippen LogP contribution < -0.4 is 5.32 Å². The Bertz CT molecular complexity index is 864. The summed E-state index contributed by atoms with van der Waals surface area (Å²) < 4.78 is 4.65. The van der Waals surface area contributed by atoms with Gasteiger partial charge in [0.15, 0.2) is 0 Å². The van der Waals surface area contributed by atoms with Crippen molar-refractivity contribution >= 4 is 34.0 Å². The van der Waals surface area contributed by atoms with Crippen molar-refractivity contribution in [3.63, 3.8) is 0 Å². The lowest BCUT2D eigenvalue weighted by molar-refractivity contribution is 0.0606. The first kappa shape index (κ1) is 15.2. The molecule has 0 atom stereocenters. The Morgan fingerprint density at radius 1 is 1.00 bits per heavy atom. The number of methoxy groups -OCH3 is 1. The first-order valence-electron chi connectivity index (χ1n) is 7.12. The van der Waals surface area contributed by atoms with Gasteiger partial charge in [0.2, 0.25) is 0 Å². The van der Waals surface area contributed by atoms with Crippen molar-refractivity contribution in [1.82, 2.24) is 5.32 Å². The van der Waals surface area contributed by atoms with E-state index in [1.807, 2.05) is 42.5 Å².